The highest BCUT2D eigenvalue weighted by molar-refractivity contribution is 5.85. The minimum atomic E-state index is -0.307. The van der Waals surface area contributed by atoms with Gasteiger partial charge in [-0.25, -0.2) is 0 Å². The number of nitrogens with zero attached hydrogens (tertiary/aromatic N) is 3. The monoisotopic (exact) mass is 291 g/mol. The number of pyridine rings is 1. The van der Waals surface area contributed by atoms with Gasteiger partial charge in [-0.05, 0) is 11.6 Å². The van der Waals surface area contributed by atoms with Crippen LogP contribution < -0.4 is 11.1 Å². The summed E-state index contributed by atoms with van der Waals surface area (Å²) in [5.41, 5.74) is 6.35. The van der Waals surface area contributed by atoms with Gasteiger partial charge in [0, 0.05) is 45.1 Å². The van der Waals surface area contributed by atoms with E-state index in [1.807, 2.05) is 18.3 Å². The van der Waals surface area contributed by atoms with Crippen molar-refractivity contribution in [1.29, 1.82) is 0 Å². The maximum absolute atomic E-state index is 11.9. The molecule has 1 aromatic heterocycles. The summed E-state index contributed by atoms with van der Waals surface area (Å²) in [5, 5.41) is 2.50. The molecule has 0 radical (unpaired) electrons. The summed E-state index contributed by atoms with van der Waals surface area (Å²) >= 11 is 0. The Morgan fingerprint density at radius 2 is 2.05 bits per heavy atom. The highest BCUT2D eigenvalue weighted by Crippen LogP contribution is 2.07. The number of piperazine rings is 1. The van der Waals surface area contributed by atoms with Gasteiger partial charge in [-0.1, -0.05) is 6.07 Å². The van der Waals surface area contributed by atoms with Crippen LogP contribution in [0.5, 0.6) is 0 Å². The maximum Gasteiger partial charge on any atom is 0.242 e. The summed E-state index contributed by atoms with van der Waals surface area (Å²) in [7, 11) is 0. The maximum atomic E-state index is 11.9. The molecule has 7 heteroatoms. The van der Waals surface area contributed by atoms with Crippen molar-refractivity contribution in [1.82, 2.24) is 20.1 Å². The normalized spacial score (nSPS) is 15.8. The number of hydrogen-bond donors (Lipinski definition) is 2. The zero-order valence-corrected chi connectivity index (χ0v) is 12.0. The minimum Gasteiger partial charge on any atom is -0.346 e. The number of aromatic nitrogens is 1. The number of rotatable bonds is 5. The number of carbonyl (C=O) groups excluding carboxylic acids is 2. The lowest BCUT2D eigenvalue weighted by atomic mass is 10.2. The molecule has 1 fully saturated rings. The molecule has 0 aromatic carbocycles. The second-order valence-electron chi connectivity index (χ2n) is 5.00. The van der Waals surface area contributed by atoms with Crippen LogP contribution in [0, 0.1) is 0 Å². The number of carbonyl (C=O) groups is 2. The molecule has 21 heavy (non-hydrogen) atoms. The largest absolute Gasteiger partial charge is 0.346 e. The number of nitrogens with two attached hydrogens (primary N) is 1. The van der Waals surface area contributed by atoms with Crippen LogP contribution in [-0.4, -0.2) is 65.9 Å². The van der Waals surface area contributed by atoms with Crippen LogP contribution in [0.1, 0.15) is 5.56 Å². The van der Waals surface area contributed by atoms with Crippen molar-refractivity contribution < 1.29 is 9.59 Å². The van der Waals surface area contributed by atoms with E-state index in [-0.39, 0.29) is 24.9 Å². The van der Waals surface area contributed by atoms with Crippen molar-refractivity contribution in [3.8, 4) is 0 Å². The van der Waals surface area contributed by atoms with E-state index >= 15 is 0 Å². The lowest BCUT2D eigenvalue weighted by Crippen LogP contribution is -2.51. The van der Waals surface area contributed by atoms with Crippen LogP contribution in [0.3, 0.4) is 0 Å². The number of nitrogens with one attached hydrogen (secondary N) is 1. The van der Waals surface area contributed by atoms with E-state index in [1.54, 1.807) is 11.1 Å². The van der Waals surface area contributed by atoms with Crippen LogP contribution in [0.15, 0.2) is 24.5 Å². The zero-order valence-electron chi connectivity index (χ0n) is 12.0. The fourth-order valence-electron chi connectivity index (χ4n) is 2.26. The average Bonchev–Trinajstić information content (AvgIpc) is 2.54. The Bertz CT molecular complexity index is 472. The molecule has 0 unspecified atom stereocenters. The van der Waals surface area contributed by atoms with Crippen molar-refractivity contribution in [3.05, 3.63) is 30.1 Å². The predicted molar refractivity (Wildman–Crippen MR) is 78.2 cm³/mol. The number of hydrogen-bond acceptors (Lipinski definition) is 5. The van der Waals surface area contributed by atoms with Gasteiger partial charge in [0.15, 0.2) is 0 Å². The van der Waals surface area contributed by atoms with Gasteiger partial charge >= 0.3 is 0 Å². The molecule has 0 saturated carbocycles. The van der Waals surface area contributed by atoms with Gasteiger partial charge in [0.25, 0.3) is 0 Å². The third kappa shape index (κ3) is 4.80. The second kappa shape index (κ2) is 7.70. The highest BCUT2D eigenvalue weighted by Gasteiger charge is 2.21. The summed E-state index contributed by atoms with van der Waals surface area (Å²) in [6.45, 7) is 3.79. The van der Waals surface area contributed by atoms with E-state index in [0.29, 0.717) is 13.1 Å². The number of amides is 2. The van der Waals surface area contributed by atoms with Crippen LogP contribution in [-0.2, 0) is 16.1 Å². The van der Waals surface area contributed by atoms with E-state index in [2.05, 4.69) is 15.2 Å². The van der Waals surface area contributed by atoms with Gasteiger partial charge < -0.3 is 16.0 Å². The predicted octanol–water partition coefficient (Wildman–Crippen LogP) is -1.20. The summed E-state index contributed by atoms with van der Waals surface area (Å²) in [6, 6.07) is 3.97. The molecule has 0 spiro atoms. The summed E-state index contributed by atoms with van der Waals surface area (Å²) in [6.07, 6.45) is 3.62. The molecule has 0 aliphatic carbocycles. The van der Waals surface area contributed by atoms with Crippen LogP contribution in [0.4, 0.5) is 0 Å². The fraction of sp³-hybridized carbons (Fsp3) is 0.500. The van der Waals surface area contributed by atoms with Gasteiger partial charge in [-0.2, -0.15) is 0 Å². The fourth-order valence-corrected chi connectivity index (χ4v) is 2.26. The summed E-state index contributed by atoms with van der Waals surface area (Å²) in [4.78, 5) is 31.1. The average molecular weight is 291 g/mol. The topological polar surface area (TPSA) is 91.6 Å². The first-order valence-electron chi connectivity index (χ1n) is 7.05. The Labute approximate surface area is 124 Å². The van der Waals surface area contributed by atoms with Crippen molar-refractivity contribution in [2.24, 2.45) is 5.73 Å². The van der Waals surface area contributed by atoms with Gasteiger partial charge in [0.2, 0.25) is 11.8 Å². The Balaban J connectivity index is 1.72. The summed E-state index contributed by atoms with van der Waals surface area (Å²) < 4.78 is 0. The molecule has 2 heterocycles. The van der Waals surface area contributed by atoms with E-state index in [9.17, 15) is 9.59 Å². The van der Waals surface area contributed by atoms with Gasteiger partial charge in [0.1, 0.15) is 0 Å². The zero-order chi connectivity index (χ0) is 15.1. The van der Waals surface area contributed by atoms with Gasteiger partial charge in [-0.3, -0.25) is 19.5 Å². The van der Waals surface area contributed by atoms with Gasteiger partial charge in [-0.15, -0.1) is 0 Å². The van der Waals surface area contributed by atoms with Crippen molar-refractivity contribution in [2.75, 3.05) is 39.3 Å². The molecule has 2 rings (SSSR count). The SMILES string of the molecule is NCC(=O)NCC(=O)N1CCN(Cc2cccnc2)CC1. The second-order valence-corrected chi connectivity index (χ2v) is 5.00. The molecule has 0 atom stereocenters. The molecular weight excluding hydrogens is 270 g/mol. The molecular formula is C14H21N5O2. The molecule has 1 aliphatic rings. The first-order valence-corrected chi connectivity index (χ1v) is 7.05. The molecule has 1 aliphatic heterocycles. The standard InChI is InChI=1S/C14H21N5O2/c15-8-13(20)17-10-14(21)19-6-4-18(5-7-19)11-12-2-1-3-16-9-12/h1-3,9H,4-8,10-11,15H2,(H,17,20). The van der Waals surface area contributed by atoms with E-state index in [4.69, 9.17) is 5.73 Å². The van der Waals surface area contributed by atoms with E-state index < -0.39 is 0 Å². The molecule has 3 N–H and O–H groups in total. The van der Waals surface area contributed by atoms with Crippen molar-refractivity contribution in [3.63, 3.8) is 0 Å². The third-order valence-corrected chi connectivity index (χ3v) is 3.48. The smallest absolute Gasteiger partial charge is 0.242 e. The Morgan fingerprint density at radius 3 is 2.67 bits per heavy atom. The third-order valence-electron chi connectivity index (χ3n) is 3.48. The van der Waals surface area contributed by atoms with Gasteiger partial charge in [0.05, 0.1) is 13.1 Å². The van der Waals surface area contributed by atoms with Crippen LogP contribution in [0.2, 0.25) is 0 Å². The first kappa shape index (κ1) is 15.4. The Morgan fingerprint density at radius 1 is 1.29 bits per heavy atom. The molecule has 1 aromatic rings. The molecule has 2 amide bonds. The van der Waals surface area contributed by atoms with E-state index in [1.165, 1.54) is 5.56 Å². The minimum absolute atomic E-state index is 0.0264. The lowest BCUT2D eigenvalue weighted by Gasteiger charge is -2.34. The van der Waals surface area contributed by atoms with Crippen molar-refractivity contribution >= 4 is 11.8 Å². The summed E-state index contributed by atoms with van der Waals surface area (Å²) in [5.74, 6) is -0.364. The van der Waals surface area contributed by atoms with Crippen LogP contribution in [0.25, 0.3) is 0 Å². The lowest BCUT2D eigenvalue weighted by molar-refractivity contribution is -0.134. The molecule has 114 valence electrons. The molecule has 0 bridgehead atoms. The highest BCUT2D eigenvalue weighted by atomic mass is 16.2. The van der Waals surface area contributed by atoms with Crippen LogP contribution >= 0.6 is 0 Å². The molecule has 7 nitrogen and oxygen atoms in total. The molecule has 1 saturated heterocycles. The Kier molecular flexibility index (Phi) is 5.65. The first-order chi connectivity index (χ1) is 10.2. The van der Waals surface area contributed by atoms with Crippen molar-refractivity contribution in [2.45, 2.75) is 6.54 Å². The quantitative estimate of drug-likeness (QED) is 0.711. The van der Waals surface area contributed by atoms with E-state index in [0.717, 1.165) is 19.6 Å². The Hall–Kier alpha value is -1.99.